The highest BCUT2D eigenvalue weighted by atomic mass is 32.2. The number of carbonyl (C=O) groups excluding carboxylic acids is 3. The zero-order valence-electron chi connectivity index (χ0n) is 15.8. The fourth-order valence-corrected chi connectivity index (χ4v) is 4.20. The minimum atomic E-state index is -0.989. The van der Waals surface area contributed by atoms with E-state index < -0.39 is 11.0 Å². The highest BCUT2D eigenvalue weighted by molar-refractivity contribution is 8.14. The van der Waals surface area contributed by atoms with Crippen molar-refractivity contribution in [1.82, 2.24) is 4.90 Å². The van der Waals surface area contributed by atoms with Crippen molar-refractivity contribution in [2.75, 3.05) is 17.7 Å². The molecule has 1 saturated carbocycles. The molecular formula is C19H25N3O4S. The third-order valence-corrected chi connectivity index (χ3v) is 6.49. The normalized spacial score (nSPS) is 26.8. The van der Waals surface area contributed by atoms with Gasteiger partial charge in [-0.1, -0.05) is 37.7 Å². The summed E-state index contributed by atoms with van der Waals surface area (Å²) in [6.07, 6.45) is 0.447. The number of nitrogens with zero attached hydrogens (tertiary/aromatic N) is 1. The maximum atomic E-state index is 12.7. The molecule has 0 aromatic heterocycles. The number of imide groups is 1. The maximum Gasteiger partial charge on any atom is 0.289 e. The number of carbonyl (C=O) groups is 3. The van der Waals surface area contributed by atoms with Crippen LogP contribution in [-0.2, 0) is 20.9 Å². The number of benzene rings is 1. The smallest absolute Gasteiger partial charge is 0.289 e. The Bertz CT molecular complexity index is 749. The minimum absolute atomic E-state index is 0.0333. The Hall–Kier alpha value is -1.90. The number of hydrogen-bond acceptors (Lipinski definition) is 6. The molecule has 0 radical (unpaired) electrons. The van der Waals surface area contributed by atoms with Gasteiger partial charge in [-0.15, -0.1) is 0 Å². The van der Waals surface area contributed by atoms with Crippen molar-refractivity contribution < 1.29 is 19.1 Å². The van der Waals surface area contributed by atoms with E-state index in [1.807, 2.05) is 20.8 Å². The van der Waals surface area contributed by atoms with Crippen LogP contribution in [0.2, 0.25) is 0 Å². The number of thioether (sulfide) groups is 1. The first-order valence-corrected chi connectivity index (χ1v) is 9.95. The minimum Gasteiger partial charge on any atom is -0.378 e. The van der Waals surface area contributed by atoms with Crippen LogP contribution < -0.4 is 11.1 Å². The van der Waals surface area contributed by atoms with E-state index in [1.54, 1.807) is 24.3 Å². The molecule has 2 aliphatic rings. The average molecular weight is 391 g/mol. The molecule has 0 bridgehead atoms. The van der Waals surface area contributed by atoms with Crippen molar-refractivity contribution in [3.63, 3.8) is 0 Å². The number of nitrogens with one attached hydrogen (secondary N) is 1. The molecule has 1 aromatic rings. The zero-order valence-corrected chi connectivity index (χ0v) is 16.6. The molecule has 7 nitrogen and oxygen atoms in total. The Balaban J connectivity index is 1.62. The first-order chi connectivity index (χ1) is 12.7. The van der Waals surface area contributed by atoms with Crippen molar-refractivity contribution in [3.05, 3.63) is 29.8 Å². The lowest BCUT2D eigenvalue weighted by molar-refractivity contribution is -0.166. The second-order valence-electron chi connectivity index (χ2n) is 7.53. The summed E-state index contributed by atoms with van der Waals surface area (Å²) < 4.78 is 5.66. The summed E-state index contributed by atoms with van der Waals surface area (Å²) in [4.78, 5) is 37.3. The maximum absolute atomic E-state index is 12.7. The molecule has 8 heteroatoms. The van der Waals surface area contributed by atoms with Crippen molar-refractivity contribution in [2.24, 2.45) is 11.1 Å². The summed E-state index contributed by atoms with van der Waals surface area (Å²) in [5.41, 5.74) is 6.38. The summed E-state index contributed by atoms with van der Waals surface area (Å²) >= 11 is 1.02. The lowest BCUT2D eigenvalue weighted by atomic mass is 9.54. The van der Waals surface area contributed by atoms with Gasteiger partial charge in [0.1, 0.15) is 5.54 Å². The average Bonchev–Trinajstić information content (AvgIpc) is 2.94. The molecule has 1 heterocycles. The van der Waals surface area contributed by atoms with Gasteiger partial charge in [-0.25, -0.2) is 0 Å². The summed E-state index contributed by atoms with van der Waals surface area (Å²) in [7, 11) is 0. The van der Waals surface area contributed by atoms with Gasteiger partial charge in [-0.2, -0.15) is 0 Å². The molecule has 146 valence electrons. The Morgan fingerprint density at radius 1 is 1.33 bits per heavy atom. The van der Waals surface area contributed by atoms with E-state index in [2.05, 4.69) is 5.32 Å². The van der Waals surface area contributed by atoms with Crippen LogP contribution in [0.5, 0.6) is 0 Å². The van der Waals surface area contributed by atoms with Gasteiger partial charge in [0, 0.05) is 24.1 Å². The number of amides is 3. The van der Waals surface area contributed by atoms with Crippen molar-refractivity contribution in [1.29, 1.82) is 0 Å². The summed E-state index contributed by atoms with van der Waals surface area (Å²) in [6, 6.07) is 7.08. The Kier molecular flexibility index (Phi) is 5.33. The second kappa shape index (κ2) is 7.26. The van der Waals surface area contributed by atoms with E-state index in [4.69, 9.17) is 10.5 Å². The molecule has 0 spiro atoms. The Labute approximate surface area is 163 Å². The van der Waals surface area contributed by atoms with Gasteiger partial charge >= 0.3 is 0 Å². The molecule has 3 N–H and O–H groups in total. The molecule has 1 aliphatic heterocycles. The van der Waals surface area contributed by atoms with Crippen LogP contribution in [0, 0.1) is 5.41 Å². The number of nitrogens with two attached hydrogens (primary N) is 1. The fraction of sp³-hybridized carbons (Fsp3) is 0.526. The van der Waals surface area contributed by atoms with Crippen LogP contribution in [-0.4, -0.2) is 46.0 Å². The number of ether oxygens (including phenoxy) is 1. The summed E-state index contributed by atoms with van der Waals surface area (Å²) in [5, 5.41) is 2.65. The number of hydrogen-bond donors (Lipinski definition) is 2. The fourth-order valence-electron chi connectivity index (χ4n) is 3.47. The van der Waals surface area contributed by atoms with Gasteiger partial charge in [-0.05, 0) is 24.6 Å². The van der Waals surface area contributed by atoms with Gasteiger partial charge in [0.25, 0.3) is 5.24 Å². The van der Waals surface area contributed by atoms with Crippen molar-refractivity contribution >= 4 is 34.5 Å². The predicted octanol–water partition coefficient (Wildman–Crippen LogP) is 2.35. The predicted molar refractivity (Wildman–Crippen MR) is 104 cm³/mol. The first kappa shape index (κ1) is 19.9. The molecule has 2 atom stereocenters. The SMILES string of the molecule is CCOC1CC(N)(C(=O)Nc2ccc(CN3C(=O)CSC3=O)cc2)C1(C)C. The lowest BCUT2D eigenvalue weighted by Gasteiger charge is -2.57. The number of rotatable bonds is 6. The van der Waals surface area contributed by atoms with E-state index >= 15 is 0 Å². The zero-order chi connectivity index (χ0) is 19.8. The van der Waals surface area contributed by atoms with Crippen LogP contribution in [0.15, 0.2) is 24.3 Å². The number of anilines is 1. The molecule has 1 aliphatic carbocycles. The summed E-state index contributed by atoms with van der Waals surface area (Å²) in [5.74, 6) is -0.217. The van der Waals surface area contributed by atoms with E-state index in [0.717, 1.165) is 17.3 Å². The van der Waals surface area contributed by atoms with Gasteiger partial charge < -0.3 is 15.8 Å². The lowest BCUT2D eigenvalue weighted by Crippen LogP contribution is -2.74. The van der Waals surface area contributed by atoms with Crippen LogP contribution >= 0.6 is 11.8 Å². The van der Waals surface area contributed by atoms with E-state index in [1.165, 1.54) is 4.90 Å². The highest BCUT2D eigenvalue weighted by Gasteiger charge is 2.62. The van der Waals surface area contributed by atoms with E-state index in [-0.39, 0.29) is 35.5 Å². The molecular weight excluding hydrogens is 366 g/mol. The van der Waals surface area contributed by atoms with E-state index in [0.29, 0.717) is 18.7 Å². The second-order valence-corrected chi connectivity index (χ2v) is 8.45. The van der Waals surface area contributed by atoms with Crippen molar-refractivity contribution in [3.8, 4) is 0 Å². The first-order valence-electron chi connectivity index (χ1n) is 8.97. The van der Waals surface area contributed by atoms with Gasteiger partial charge in [0.2, 0.25) is 11.8 Å². The molecule has 3 rings (SSSR count). The Morgan fingerprint density at radius 3 is 2.52 bits per heavy atom. The van der Waals surface area contributed by atoms with Crippen molar-refractivity contribution in [2.45, 2.75) is 45.4 Å². The summed E-state index contributed by atoms with van der Waals surface area (Å²) in [6.45, 7) is 6.65. The molecule has 3 amide bonds. The molecule has 27 heavy (non-hydrogen) atoms. The standard InChI is InChI=1S/C19H25N3O4S/c1-4-26-14-9-19(20,18(14,2)3)16(24)21-13-7-5-12(6-8-13)10-22-15(23)11-27-17(22)25/h5-8,14H,4,9-11,20H2,1-3H3,(H,21,24). The van der Waals surface area contributed by atoms with Gasteiger partial charge in [0.15, 0.2) is 0 Å². The molecule has 2 unspecified atom stereocenters. The largest absolute Gasteiger partial charge is 0.378 e. The van der Waals surface area contributed by atoms with Crippen LogP contribution in [0.4, 0.5) is 10.5 Å². The quantitative estimate of drug-likeness (QED) is 0.772. The van der Waals surface area contributed by atoms with Gasteiger partial charge in [0.05, 0.1) is 18.4 Å². The third kappa shape index (κ3) is 3.49. The topological polar surface area (TPSA) is 102 Å². The Morgan fingerprint density at radius 2 is 2.00 bits per heavy atom. The van der Waals surface area contributed by atoms with E-state index in [9.17, 15) is 14.4 Å². The monoisotopic (exact) mass is 391 g/mol. The molecule has 2 fully saturated rings. The van der Waals surface area contributed by atoms with Crippen LogP contribution in [0.3, 0.4) is 0 Å². The third-order valence-electron chi connectivity index (χ3n) is 5.63. The molecule has 1 saturated heterocycles. The van der Waals surface area contributed by atoms with Crippen LogP contribution in [0.25, 0.3) is 0 Å². The highest BCUT2D eigenvalue weighted by Crippen LogP contribution is 2.50. The molecule has 1 aromatic carbocycles. The van der Waals surface area contributed by atoms with Crippen LogP contribution in [0.1, 0.15) is 32.8 Å². The van der Waals surface area contributed by atoms with Gasteiger partial charge in [-0.3, -0.25) is 19.3 Å².